The Morgan fingerprint density at radius 2 is 1.86 bits per heavy atom. The van der Waals surface area contributed by atoms with E-state index in [1.54, 1.807) is 24.4 Å². The molecule has 0 atom stereocenters. The van der Waals surface area contributed by atoms with Gasteiger partial charge in [0, 0.05) is 31.0 Å². The second kappa shape index (κ2) is 6.88. The molecule has 6 nitrogen and oxygen atoms in total. The smallest absolute Gasteiger partial charge is 0.257 e. The number of hydrogen-bond acceptors (Lipinski definition) is 5. The summed E-state index contributed by atoms with van der Waals surface area (Å²) in [4.78, 5) is 19.3. The summed E-state index contributed by atoms with van der Waals surface area (Å²) in [5.41, 5.74) is 3.91. The van der Waals surface area contributed by atoms with Gasteiger partial charge in [-0.1, -0.05) is 24.3 Å². The number of rotatable bonds is 3. The average molecular weight is 373 g/mol. The van der Waals surface area contributed by atoms with Gasteiger partial charge in [0.25, 0.3) is 5.91 Å². The number of carbonyl (C=O) groups is 1. The first kappa shape index (κ1) is 16.6. The van der Waals surface area contributed by atoms with E-state index >= 15 is 0 Å². The number of amides is 1. The number of nitrogens with one attached hydrogen (secondary N) is 1. The molecule has 0 fully saturated rings. The molecular weight excluding hydrogens is 354 g/mol. The van der Waals surface area contributed by atoms with Gasteiger partial charge in [0.05, 0.1) is 5.56 Å². The first-order valence-electron chi connectivity index (χ1n) is 9.25. The highest BCUT2D eigenvalue weighted by atomic mass is 16.7. The van der Waals surface area contributed by atoms with Gasteiger partial charge in [-0.2, -0.15) is 0 Å². The lowest BCUT2D eigenvalue weighted by Gasteiger charge is -2.29. The number of ether oxygens (including phenoxy) is 2. The highest BCUT2D eigenvalue weighted by Crippen LogP contribution is 2.34. The molecule has 1 N–H and O–H groups in total. The van der Waals surface area contributed by atoms with Gasteiger partial charge >= 0.3 is 0 Å². The van der Waals surface area contributed by atoms with Crippen molar-refractivity contribution < 1.29 is 14.3 Å². The van der Waals surface area contributed by atoms with Crippen LogP contribution in [0.25, 0.3) is 0 Å². The van der Waals surface area contributed by atoms with Gasteiger partial charge in [-0.3, -0.25) is 4.79 Å². The van der Waals surface area contributed by atoms with Crippen LogP contribution in [-0.4, -0.2) is 24.2 Å². The van der Waals surface area contributed by atoms with E-state index in [9.17, 15) is 4.79 Å². The number of aromatic nitrogens is 1. The largest absolute Gasteiger partial charge is 0.454 e. The molecule has 3 heterocycles. The minimum Gasteiger partial charge on any atom is -0.454 e. The van der Waals surface area contributed by atoms with Crippen molar-refractivity contribution >= 4 is 17.4 Å². The van der Waals surface area contributed by atoms with Crippen molar-refractivity contribution in [1.29, 1.82) is 0 Å². The fourth-order valence-corrected chi connectivity index (χ4v) is 3.58. The van der Waals surface area contributed by atoms with Crippen molar-refractivity contribution in [2.24, 2.45) is 0 Å². The number of benzene rings is 2. The minimum absolute atomic E-state index is 0.207. The van der Waals surface area contributed by atoms with Crippen molar-refractivity contribution in [3.05, 3.63) is 77.5 Å². The van der Waals surface area contributed by atoms with E-state index in [4.69, 9.17) is 9.47 Å². The quantitative estimate of drug-likeness (QED) is 0.760. The summed E-state index contributed by atoms with van der Waals surface area (Å²) in [6.07, 6.45) is 2.63. The van der Waals surface area contributed by atoms with E-state index < -0.39 is 0 Å². The van der Waals surface area contributed by atoms with Gasteiger partial charge in [0.2, 0.25) is 6.79 Å². The number of pyridine rings is 1. The average Bonchev–Trinajstić information content (AvgIpc) is 3.21. The van der Waals surface area contributed by atoms with E-state index in [2.05, 4.69) is 39.5 Å². The Morgan fingerprint density at radius 1 is 1.00 bits per heavy atom. The molecule has 0 saturated carbocycles. The van der Waals surface area contributed by atoms with E-state index in [1.807, 2.05) is 12.1 Å². The van der Waals surface area contributed by atoms with Crippen LogP contribution in [0.4, 0.5) is 11.5 Å². The van der Waals surface area contributed by atoms with Crippen LogP contribution in [0.3, 0.4) is 0 Å². The second-order valence-corrected chi connectivity index (χ2v) is 6.87. The van der Waals surface area contributed by atoms with Crippen molar-refractivity contribution in [3.63, 3.8) is 0 Å². The van der Waals surface area contributed by atoms with Gasteiger partial charge in [-0.15, -0.1) is 0 Å². The van der Waals surface area contributed by atoms with Gasteiger partial charge in [0.15, 0.2) is 11.5 Å². The van der Waals surface area contributed by atoms with Gasteiger partial charge in [0.1, 0.15) is 5.82 Å². The lowest BCUT2D eigenvalue weighted by atomic mass is 10.00. The zero-order valence-corrected chi connectivity index (χ0v) is 15.2. The van der Waals surface area contributed by atoms with Crippen molar-refractivity contribution in [1.82, 2.24) is 4.98 Å². The summed E-state index contributed by atoms with van der Waals surface area (Å²) in [5, 5.41) is 2.87. The monoisotopic (exact) mass is 373 g/mol. The zero-order valence-electron chi connectivity index (χ0n) is 15.2. The normalized spacial score (nSPS) is 14.5. The fraction of sp³-hybridized carbons (Fsp3) is 0.182. The van der Waals surface area contributed by atoms with Crippen LogP contribution < -0.4 is 19.7 Å². The Hall–Kier alpha value is -3.54. The van der Waals surface area contributed by atoms with E-state index in [1.165, 1.54) is 11.1 Å². The Morgan fingerprint density at radius 3 is 2.71 bits per heavy atom. The zero-order chi connectivity index (χ0) is 18.9. The summed E-state index contributed by atoms with van der Waals surface area (Å²) in [7, 11) is 0. The molecule has 0 aliphatic carbocycles. The number of nitrogens with zero attached hydrogens (tertiary/aromatic N) is 2. The number of hydrogen-bond donors (Lipinski definition) is 1. The molecule has 2 aromatic carbocycles. The van der Waals surface area contributed by atoms with Crippen LogP contribution in [0, 0.1) is 0 Å². The van der Waals surface area contributed by atoms with Crippen LogP contribution >= 0.6 is 0 Å². The summed E-state index contributed by atoms with van der Waals surface area (Å²) in [6.45, 7) is 1.97. The molecule has 140 valence electrons. The Kier molecular flexibility index (Phi) is 4.09. The predicted molar refractivity (Wildman–Crippen MR) is 106 cm³/mol. The van der Waals surface area contributed by atoms with E-state index in [-0.39, 0.29) is 12.7 Å². The van der Waals surface area contributed by atoms with Crippen molar-refractivity contribution in [2.75, 3.05) is 23.6 Å². The number of fused-ring (bicyclic) bond motifs is 2. The summed E-state index contributed by atoms with van der Waals surface area (Å²) < 4.78 is 10.6. The molecule has 28 heavy (non-hydrogen) atoms. The number of anilines is 2. The molecule has 2 aliphatic rings. The predicted octanol–water partition coefficient (Wildman–Crippen LogP) is 3.63. The maximum Gasteiger partial charge on any atom is 0.257 e. The SMILES string of the molecule is O=C(Nc1ccc2c(c1)OCO2)c1ccc(N2CCc3ccccc3C2)nc1. The first-order valence-corrected chi connectivity index (χ1v) is 9.25. The molecule has 3 aromatic rings. The topological polar surface area (TPSA) is 63.7 Å². The highest BCUT2D eigenvalue weighted by molar-refractivity contribution is 6.04. The molecule has 6 heteroatoms. The Bertz CT molecular complexity index is 1030. The lowest BCUT2D eigenvalue weighted by Crippen LogP contribution is -2.31. The van der Waals surface area contributed by atoms with Crippen molar-refractivity contribution in [3.8, 4) is 11.5 Å². The Balaban J connectivity index is 1.28. The lowest BCUT2D eigenvalue weighted by molar-refractivity contribution is 0.102. The summed E-state index contributed by atoms with van der Waals surface area (Å²) in [5.74, 6) is 2.00. The van der Waals surface area contributed by atoms with Crippen LogP contribution in [-0.2, 0) is 13.0 Å². The van der Waals surface area contributed by atoms with Crippen LogP contribution in [0.2, 0.25) is 0 Å². The molecular formula is C22H19N3O3. The first-order chi connectivity index (χ1) is 13.8. The van der Waals surface area contributed by atoms with Crippen molar-refractivity contribution in [2.45, 2.75) is 13.0 Å². The molecule has 1 aromatic heterocycles. The molecule has 0 radical (unpaired) electrons. The number of carbonyl (C=O) groups excluding carboxylic acids is 1. The van der Waals surface area contributed by atoms with Crippen LogP contribution in [0.5, 0.6) is 11.5 Å². The van der Waals surface area contributed by atoms with Gasteiger partial charge < -0.3 is 19.7 Å². The third kappa shape index (κ3) is 3.13. The summed E-state index contributed by atoms with van der Waals surface area (Å²) in [6, 6.07) is 17.5. The molecule has 0 saturated heterocycles. The van der Waals surface area contributed by atoms with Gasteiger partial charge in [-0.05, 0) is 41.8 Å². The highest BCUT2D eigenvalue weighted by Gasteiger charge is 2.18. The standard InChI is InChI=1S/C22H19N3O3/c26-22(24-18-6-7-19-20(11-18)28-14-27-19)16-5-8-21(23-12-16)25-10-9-15-3-1-2-4-17(15)13-25/h1-8,11-12H,9-10,13-14H2,(H,24,26). The molecule has 0 bridgehead atoms. The van der Waals surface area contributed by atoms with Crippen LogP contribution in [0.1, 0.15) is 21.5 Å². The molecule has 0 spiro atoms. The second-order valence-electron chi connectivity index (χ2n) is 6.87. The minimum atomic E-state index is -0.207. The summed E-state index contributed by atoms with van der Waals surface area (Å²) >= 11 is 0. The maximum absolute atomic E-state index is 12.5. The maximum atomic E-state index is 12.5. The molecule has 1 amide bonds. The fourth-order valence-electron chi connectivity index (χ4n) is 3.58. The van der Waals surface area contributed by atoms with E-state index in [0.29, 0.717) is 22.7 Å². The third-order valence-corrected chi connectivity index (χ3v) is 5.10. The van der Waals surface area contributed by atoms with E-state index in [0.717, 1.165) is 25.3 Å². The van der Waals surface area contributed by atoms with Crippen LogP contribution in [0.15, 0.2) is 60.8 Å². The van der Waals surface area contributed by atoms with Gasteiger partial charge in [-0.25, -0.2) is 4.98 Å². The molecule has 2 aliphatic heterocycles. The molecule has 0 unspecified atom stereocenters. The molecule has 5 rings (SSSR count). The third-order valence-electron chi connectivity index (χ3n) is 5.10. The Labute approximate surface area is 162 Å².